The Balaban J connectivity index is 1.50. The summed E-state index contributed by atoms with van der Waals surface area (Å²) in [6.45, 7) is 3.73. The molecule has 3 aromatic rings. The zero-order chi connectivity index (χ0) is 38.1. The van der Waals surface area contributed by atoms with Gasteiger partial charge in [-0.25, -0.2) is 0 Å². The number of amides is 6. The standard InChI is InChI=1S/C38H47N7O8/c1-3-22(2)33-37(52)43-29(19-24-21-40-26-13-8-7-12-25(24)26)38(53)45-17-9-14-30(45)36(51)39-16-15-31(46)41-27(18-23-10-5-4-6-11-23)34(49)42-28(20-32(47)48)35(50)44-33/h4-8,10-13,21-22,27-30,33,40H,3,9,14-20H2,1-2H3,(H,39,51)(H,41,46)(H,42,49)(H,43,52)(H,44,50)(H,47,48)/t22-,27-,28-,29+,30-,33-/m0/s1. The topological polar surface area (TPSA) is 219 Å². The van der Waals surface area contributed by atoms with E-state index in [-0.39, 0.29) is 32.4 Å². The molecule has 2 fully saturated rings. The molecule has 7 N–H and O–H groups in total. The highest BCUT2D eigenvalue weighted by Crippen LogP contribution is 2.23. The average Bonchev–Trinajstić information content (AvgIpc) is 3.80. The minimum absolute atomic E-state index is 0.0288. The molecule has 6 atom stereocenters. The second kappa shape index (κ2) is 17.7. The first-order valence-electron chi connectivity index (χ1n) is 18.0. The number of rotatable bonds is 8. The van der Waals surface area contributed by atoms with Crippen molar-refractivity contribution in [3.8, 4) is 0 Å². The van der Waals surface area contributed by atoms with Crippen molar-refractivity contribution in [2.75, 3.05) is 13.1 Å². The van der Waals surface area contributed by atoms with Crippen LogP contribution < -0.4 is 26.6 Å². The maximum absolute atomic E-state index is 14.3. The van der Waals surface area contributed by atoms with Crippen molar-refractivity contribution in [2.45, 2.75) is 89.0 Å². The Hall–Kier alpha value is -5.73. The van der Waals surface area contributed by atoms with Crippen molar-refractivity contribution in [3.05, 3.63) is 71.9 Å². The Morgan fingerprint density at radius 1 is 0.830 bits per heavy atom. The van der Waals surface area contributed by atoms with Crippen molar-refractivity contribution in [3.63, 3.8) is 0 Å². The third-order valence-electron chi connectivity index (χ3n) is 9.94. The number of para-hydroxylation sites is 1. The van der Waals surface area contributed by atoms with Gasteiger partial charge in [0.2, 0.25) is 35.4 Å². The zero-order valence-electron chi connectivity index (χ0n) is 29.9. The molecule has 0 saturated carbocycles. The van der Waals surface area contributed by atoms with E-state index in [2.05, 4.69) is 31.6 Å². The summed E-state index contributed by atoms with van der Waals surface area (Å²) >= 11 is 0. The van der Waals surface area contributed by atoms with E-state index < -0.39 is 84.0 Å². The molecular formula is C38H47N7O8. The number of aromatic nitrogens is 1. The minimum Gasteiger partial charge on any atom is -0.481 e. The Bertz CT molecular complexity index is 1830. The van der Waals surface area contributed by atoms with E-state index >= 15 is 0 Å². The van der Waals surface area contributed by atoms with E-state index in [0.717, 1.165) is 16.5 Å². The maximum atomic E-state index is 14.3. The van der Waals surface area contributed by atoms with Gasteiger partial charge >= 0.3 is 5.97 Å². The minimum atomic E-state index is -1.61. The molecule has 282 valence electrons. The Kier molecular flexibility index (Phi) is 12.8. The number of hydrogen-bond donors (Lipinski definition) is 7. The molecule has 15 heteroatoms. The quantitative estimate of drug-likeness (QED) is 0.176. The predicted molar refractivity (Wildman–Crippen MR) is 194 cm³/mol. The number of carboxylic acid groups (broad SMARTS) is 1. The number of carbonyl (C=O) groups excluding carboxylic acids is 6. The van der Waals surface area contributed by atoms with Crippen LogP contribution in [0.15, 0.2) is 60.8 Å². The molecule has 2 aromatic carbocycles. The molecular weight excluding hydrogens is 682 g/mol. The predicted octanol–water partition coefficient (Wildman–Crippen LogP) is 0.924. The van der Waals surface area contributed by atoms with Gasteiger partial charge in [-0.05, 0) is 36.0 Å². The summed E-state index contributed by atoms with van der Waals surface area (Å²) in [6.07, 6.45) is 2.22. The second-order valence-corrected chi connectivity index (χ2v) is 13.7. The third-order valence-corrected chi connectivity index (χ3v) is 9.94. The molecule has 0 bridgehead atoms. The lowest BCUT2D eigenvalue weighted by Crippen LogP contribution is -2.60. The van der Waals surface area contributed by atoms with Crippen molar-refractivity contribution in [1.29, 1.82) is 0 Å². The highest BCUT2D eigenvalue weighted by molar-refractivity contribution is 5.98. The van der Waals surface area contributed by atoms with E-state index in [4.69, 9.17) is 0 Å². The van der Waals surface area contributed by atoms with Crippen LogP contribution in [0, 0.1) is 5.92 Å². The maximum Gasteiger partial charge on any atom is 0.305 e. The first-order chi connectivity index (χ1) is 25.4. The fourth-order valence-corrected chi connectivity index (χ4v) is 6.84. The molecule has 3 heterocycles. The van der Waals surface area contributed by atoms with Crippen LogP contribution in [0.4, 0.5) is 0 Å². The van der Waals surface area contributed by atoms with Crippen LogP contribution in [0.3, 0.4) is 0 Å². The molecule has 6 amide bonds. The zero-order valence-corrected chi connectivity index (χ0v) is 29.9. The fourth-order valence-electron chi connectivity index (χ4n) is 6.84. The van der Waals surface area contributed by atoms with Crippen molar-refractivity contribution >= 4 is 52.3 Å². The van der Waals surface area contributed by atoms with Gasteiger partial charge in [-0.1, -0.05) is 68.8 Å². The molecule has 0 radical (unpaired) electrons. The lowest BCUT2D eigenvalue weighted by Gasteiger charge is -2.31. The summed E-state index contributed by atoms with van der Waals surface area (Å²) in [7, 11) is 0. The van der Waals surface area contributed by atoms with Crippen LogP contribution in [-0.2, 0) is 46.4 Å². The van der Waals surface area contributed by atoms with Crippen LogP contribution in [0.2, 0.25) is 0 Å². The van der Waals surface area contributed by atoms with Crippen LogP contribution in [0.25, 0.3) is 10.9 Å². The number of benzene rings is 2. The van der Waals surface area contributed by atoms with Gasteiger partial charge in [0.25, 0.3) is 0 Å². The number of hydrogen-bond acceptors (Lipinski definition) is 7. The number of nitrogens with zero attached hydrogens (tertiary/aromatic N) is 1. The Labute approximate surface area is 307 Å². The summed E-state index contributed by atoms with van der Waals surface area (Å²) in [4.78, 5) is 99.1. The van der Waals surface area contributed by atoms with E-state index in [9.17, 15) is 38.7 Å². The van der Waals surface area contributed by atoms with E-state index in [1.54, 1.807) is 43.5 Å². The molecule has 2 aliphatic heterocycles. The average molecular weight is 730 g/mol. The molecule has 2 aliphatic rings. The van der Waals surface area contributed by atoms with E-state index in [1.165, 1.54) is 4.90 Å². The first kappa shape index (κ1) is 38.5. The van der Waals surface area contributed by atoms with Gasteiger partial charge in [0.1, 0.15) is 30.2 Å². The van der Waals surface area contributed by atoms with Gasteiger partial charge in [-0.2, -0.15) is 0 Å². The van der Waals surface area contributed by atoms with Gasteiger partial charge < -0.3 is 41.6 Å². The Morgan fingerprint density at radius 3 is 2.26 bits per heavy atom. The molecule has 0 unspecified atom stereocenters. The molecule has 5 rings (SSSR count). The Morgan fingerprint density at radius 2 is 1.53 bits per heavy atom. The third kappa shape index (κ3) is 9.78. The SMILES string of the molecule is CC[C@H](C)[C@@H]1NC(=O)[C@H](CC(=O)O)NC(=O)[C@H](Cc2ccccc2)NC(=O)CCNC(=O)[C@@H]2CCCN2C(=O)[C@@H](Cc2c[nH]c3ccccc23)NC1=O. The number of nitrogens with one attached hydrogen (secondary N) is 6. The summed E-state index contributed by atoms with van der Waals surface area (Å²) in [6, 6.07) is 10.3. The number of H-pyrrole nitrogens is 1. The van der Waals surface area contributed by atoms with Gasteiger partial charge in [-0.15, -0.1) is 0 Å². The lowest BCUT2D eigenvalue weighted by atomic mass is 9.96. The van der Waals surface area contributed by atoms with Gasteiger partial charge in [0.15, 0.2) is 0 Å². The molecule has 53 heavy (non-hydrogen) atoms. The smallest absolute Gasteiger partial charge is 0.305 e. The number of aromatic amines is 1. The van der Waals surface area contributed by atoms with Crippen LogP contribution >= 0.6 is 0 Å². The molecule has 2 saturated heterocycles. The van der Waals surface area contributed by atoms with E-state index in [0.29, 0.717) is 24.8 Å². The van der Waals surface area contributed by atoms with Crippen molar-refractivity contribution < 1.29 is 38.7 Å². The van der Waals surface area contributed by atoms with Crippen molar-refractivity contribution in [1.82, 2.24) is 36.5 Å². The highest BCUT2D eigenvalue weighted by Gasteiger charge is 2.40. The van der Waals surface area contributed by atoms with Crippen LogP contribution in [0.5, 0.6) is 0 Å². The molecule has 0 aliphatic carbocycles. The van der Waals surface area contributed by atoms with Gasteiger partial charge in [-0.3, -0.25) is 33.6 Å². The first-order valence-corrected chi connectivity index (χ1v) is 18.0. The summed E-state index contributed by atoms with van der Waals surface area (Å²) in [5, 5.41) is 23.9. The molecule has 0 spiro atoms. The summed E-state index contributed by atoms with van der Waals surface area (Å²) in [5.74, 6) is -5.75. The van der Waals surface area contributed by atoms with Crippen LogP contribution in [-0.4, -0.2) is 99.7 Å². The largest absolute Gasteiger partial charge is 0.481 e. The number of carboxylic acids is 1. The number of aliphatic carboxylic acids is 1. The normalized spacial score (nSPS) is 24.4. The van der Waals surface area contributed by atoms with Gasteiger partial charge in [0.05, 0.1) is 6.42 Å². The number of carbonyl (C=O) groups is 7. The summed E-state index contributed by atoms with van der Waals surface area (Å²) in [5.41, 5.74) is 2.28. The molecule has 15 nitrogen and oxygen atoms in total. The number of fused-ring (bicyclic) bond motifs is 2. The van der Waals surface area contributed by atoms with E-state index in [1.807, 2.05) is 31.2 Å². The second-order valence-electron chi connectivity index (χ2n) is 13.7. The summed E-state index contributed by atoms with van der Waals surface area (Å²) < 4.78 is 0. The molecule has 1 aromatic heterocycles. The fraction of sp³-hybridized carbons (Fsp3) is 0.447. The monoisotopic (exact) mass is 729 g/mol. The highest BCUT2D eigenvalue weighted by atomic mass is 16.4. The van der Waals surface area contributed by atoms with Gasteiger partial charge in [0, 0.05) is 49.5 Å². The van der Waals surface area contributed by atoms with Crippen LogP contribution in [0.1, 0.15) is 57.1 Å². The van der Waals surface area contributed by atoms with Crippen molar-refractivity contribution in [2.24, 2.45) is 5.92 Å². The lowest BCUT2D eigenvalue weighted by molar-refractivity contribution is -0.142.